The molecule has 1 amide bonds. The molecule has 0 aliphatic heterocycles. The van der Waals surface area contributed by atoms with Gasteiger partial charge in [-0.1, -0.05) is 6.07 Å². The molecule has 0 radical (unpaired) electrons. The van der Waals surface area contributed by atoms with E-state index in [-0.39, 0.29) is 11.9 Å². The molecule has 4 aromatic rings. The minimum absolute atomic E-state index is 0.161. The Morgan fingerprint density at radius 3 is 2.81 bits per heavy atom. The molecule has 132 valence electrons. The zero-order chi connectivity index (χ0) is 18.3. The topological polar surface area (TPSA) is 77.1 Å². The van der Waals surface area contributed by atoms with Crippen LogP contribution in [0.2, 0.25) is 0 Å². The van der Waals surface area contributed by atoms with Gasteiger partial charge in [0.2, 0.25) is 0 Å². The Hall–Kier alpha value is -3.00. The third-order valence-corrected chi connectivity index (χ3v) is 5.40. The van der Waals surface area contributed by atoms with E-state index in [0.717, 1.165) is 21.8 Å². The Balaban J connectivity index is 1.66. The molecule has 7 nitrogen and oxygen atoms in total. The Kier molecular flexibility index (Phi) is 4.04. The van der Waals surface area contributed by atoms with Crippen LogP contribution >= 0.6 is 11.3 Å². The van der Waals surface area contributed by atoms with E-state index in [1.165, 1.54) is 0 Å². The van der Waals surface area contributed by atoms with Crippen LogP contribution in [0.15, 0.2) is 42.2 Å². The van der Waals surface area contributed by atoms with Crippen molar-refractivity contribution < 1.29 is 4.79 Å². The number of hydrogen-bond donors (Lipinski definition) is 1. The van der Waals surface area contributed by atoms with Gasteiger partial charge in [0, 0.05) is 24.5 Å². The highest BCUT2D eigenvalue weighted by molar-refractivity contribution is 7.13. The molecule has 0 bridgehead atoms. The van der Waals surface area contributed by atoms with Gasteiger partial charge < -0.3 is 5.32 Å². The van der Waals surface area contributed by atoms with Gasteiger partial charge in [-0.25, -0.2) is 9.50 Å². The number of amides is 1. The highest BCUT2D eigenvalue weighted by Gasteiger charge is 2.20. The molecule has 4 rings (SSSR count). The summed E-state index contributed by atoms with van der Waals surface area (Å²) < 4.78 is 3.50. The van der Waals surface area contributed by atoms with Crippen molar-refractivity contribution >= 4 is 22.9 Å². The molecule has 0 aliphatic carbocycles. The SMILES string of the molecule is Cc1c(C(C)NC(=O)c2cnn3c(-c4cccs4)ccnc23)cnn1C. The summed E-state index contributed by atoms with van der Waals surface area (Å²) >= 11 is 1.62. The Bertz CT molecular complexity index is 1080. The van der Waals surface area contributed by atoms with Crippen LogP contribution in [0, 0.1) is 6.92 Å². The van der Waals surface area contributed by atoms with E-state index < -0.39 is 0 Å². The van der Waals surface area contributed by atoms with Crippen molar-refractivity contribution in [2.75, 3.05) is 0 Å². The number of fused-ring (bicyclic) bond motifs is 1. The van der Waals surface area contributed by atoms with Crippen molar-refractivity contribution in [2.24, 2.45) is 7.05 Å². The largest absolute Gasteiger partial charge is 0.345 e. The van der Waals surface area contributed by atoms with Gasteiger partial charge in [0.15, 0.2) is 5.65 Å². The molecule has 26 heavy (non-hydrogen) atoms. The van der Waals surface area contributed by atoms with E-state index in [4.69, 9.17) is 0 Å². The summed E-state index contributed by atoms with van der Waals surface area (Å²) in [5.74, 6) is -0.202. The van der Waals surface area contributed by atoms with E-state index in [0.29, 0.717) is 11.2 Å². The summed E-state index contributed by atoms with van der Waals surface area (Å²) in [7, 11) is 1.88. The second-order valence-corrected chi connectivity index (χ2v) is 7.05. The molecule has 0 aromatic carbocycles. The fraction of sp³-hybridized carbons (Fsp3) is 0.222. The Morgan fingerprint density at radius 2 is 2.12 bits per heavy atom. The maximum absolute atomic E-state index is 12.8. The quantitative estimate of drug-likeness (QED) is 0.602. The summed E-state index contributed by atoms with van der Waals surface area (Å²) in [6.07, 6.45) is 5.05. The Morgan fingerprint density at radius 1 is 1.27 bits per heavy atom. The van der Waals surface area contributed by atoms with Crippen molar-refractivity contribution in [1.29, 1.82) is 0 Å². The van der Waals surface area contributed by atoms with Crippen LogP contribution in [0.1, 0.15) is 34.6 Å². The molecule has 4 heterocycles. The predicted octanol–water partition coefficient (Wildman–Crippen LogP) is 2.99. The molecule has 0 saturated carbocycles. The van der Waals surface area contributed by atoms with Crippen LogP contribution in [0.5, 0.6) is 0 Å². The van der Waals surface area contributed by atoms with Crippen LogP contribution in [-0.2, 0) is 7.05 Å². The fourth-order valence-electron chi connectivity index (χ4n) is 2.96. The highest BCUT2D eigenvalue weighted by atomic mass is 32.1. The number of carbonyl (C=O) groups is 1. The number of aromatic nitrogens is 5. The summed E-state index contributed by atoms with van der Waals surface area (Å²) in [5, 5.41) is 13.6. The van der Waals surface area contributed by atoms with Crippen LogP contribution in [-0.4, -0.2) is 30.3 Å². The molecule has 4 aromatic heterocycles. The molecule has 1 unspecified atom stereocenters. The fourth-order valence-corrected chi connectivity index (χ4v) is 3.69. The molecule has 0 saturated heterocycles. The second kappa shape index (κ2) is 6.38. The van der Waals surface area contributed by atoms with Gasteiger partial charge in [0.1, 0.15) is 5.56 Å². The van der Waals surface area contributed by atoms with Gasteiger partial charge in [-0.3, -0.25) is 9.48 Å². The lowest BCUT2D eigenvalue weighted by atomic mass is 10.1. The number of nitrogens with zero attached hydrogens (tertiary/aromatic N) is 5. The standard InChI is InChI=1S/C18H18N6OS/c1-11(13-9-20-23(3)12(13)2)22-18(25)14-10-21-24-15(6-7-19-17(14)24)16-5-4-8-26-16/h4-11H,1-3H3,(H,22,25). The second-order valence-electron chi connectivity index (χ2n) is 6.11. The van der Waals surface area contributed by atoms with E-state index in [9.17, 15) is 4.79 Å². The van der Waals surface area contributed by atoms with Crippen LogP contribution in [0.3, 0.4) is 0 Å². The van der Waals surface area contributed by atoms with E-state index >= 15 is 0 Å². The predicted molar refractivity (Wildman–Crippen MR) is 100 cm³/mol. The lowest BCUT2D eigenvalue weighted by Crippen LogP contribution is -2.27. The van der Waals surface area contributed by atoms with Crippen molar-refractivity contribution in [2.45, 2.75) is 19.9 Å². The lowest BCUT2D eigenvalue weighted by Gasteiger charge is -2.13. The third-order valence-electron chi connectivity index (χ3n) is 4.51. The molecule has 0 aliphatic rings. The normalized spacial score (nSPS) is 12.4. The van der Waals surface area contributed by atoms with Gasteiger partial charge in [-0.15, -0.1) is 11.3 Å². The first-order valence-corrected chi connectivity index (χ1v) is 9.10. The Labute approximate surface area is 154 Å². The molecule has 1 atom stereocenters. The number of carbonyl (C=O) groups excluding carboxylic acids is 1. The van der Waals surface area contributed by atoms with E-state index in [1.807, 2.05) is 44.5 Å². The van der Waals surface area contributed by atoms with Crippen molar-refractivity contribution in [1.82, 2.24) is 29.7 Å². The maximum Gasteiger partial charge on any atom is 0.257 e. The van der Waals surface area contributed by atoms with Gasteiger partial charge in [-0.2, -0.15) is 10.2 Å². The summed E-state index contributed by atoms with van der Waals surface area (Å²) in [4.78, 5) is 18.2. The van der Waals surface area contributed by atoms with E-state index in [2.05, 4.69) is 20.5 Å². The molecule has 8 heteroatoms. The summed E-state index contributed by atoms with van der Waals surface area (Å²) in [6.45, 7) is 3.92. The first-order valence-electron chi connectivity index (χ1n) is 8.22. The number of hydrogen-bond acceptors (Lipinski definition) is 5. The lowest BCUT2D eigenvalue weighted by molar-refractivity contribution is 0.0941. The van der Waals surface area contributed by atoms with Crippen LogP contribution in [0.4, 0.5) is 0 Å². The number of nitrogens with one attached hydrogen (secondary N) is 1. The van der Waals surface area contributed by atoms with Gasteiger partial charge >= 0.3 is 0 Å². The monoisotopic (exact) mass is 366 g/mol. The third kappa shape index (κ3) is 2.68. The molecule has 1 N–H and O–H groups in total. The van der Waals surface area contributed by atoms with Gasteiger partial charge in [-0.05, 0) is 31.4 Å². The average molecular weight is 366 g/mol. The van der Waals surface area contributed by atoms with Gasteiger partial charge in [0.25, 0.3) is 5.91 Å². The zero-order valence-electron chi connectivity index (χ0n) is 14.7. The summed E-state index contributed by atoms with van der Waals surface area (Å²) in [5.41, 5.74) is 3.93. The van der Waals surface area contributed by atoms with Crippen molar-refractivity contribution in [3.05, 3.63) is 59.0 Å². The smallest absolute Gasteiger partial charge is 0.257 e. The summed E-state index contributed by atoms with van der Waals surface area (Å²) in [6, 6.07) is 5.75. The maximum atomic E-state index is 12.8. The minimum Gasteiger partial charge on any atom is -0.345 e. The van der Waals surface area contributed by atoms with Crippen molar-refractivity contribution in [3.63, 3.8) is 0 Å². The molecule has 0 spiro atoms. The molecular formula is C18H18N6OS. The molecular weight excluding hydrogens is 348 g/mol. The minimum atomic E-state index is -0.202. The zero-order valence-corrected chi connectivity index (χ0v) is 15.5. The first-order chi connectivity index (χ1) is 12.6. The highest BCUT2D eigenvalue weighted by Crippen LogP contribution is 2.25. The molecule has 0 fully saturated rings. The number of thiophene rings is 1. The number of rotatable bonds is 4. The van der Waals surface area contributed by atoms with Crippen molar-refractivity contribution in [3.8, 4) is 10.6 Å². The first kappa shape index (κ1) is 16.5. The number of aryl methyl sites for hydroxylation is 1. The van der Waals surface area contributed by atoms with Crippen LogP contribution in [0.25, 0.3) is 16.2 Å². The van der Waals surface area contributed by atoms with E-state index in [1.54, 1.807) is 39.1 Å². The van der Waals surface area contributed by atoms with Crippen LogP contribution < -0.4 is 5.32 Å². The average Bonchev–Trinajstić information content (AvgIpc) is 3.35. The van der Waals surface area contributed by atoms with Gasteiger partial charge in [0.05, 0.1) is 29.0 Å².